The topological polar surface area (TPSA) is 64.7 Å². The van der Waals surface area contributed by atoms with Crippen molar-refractivity contribution < 1.29 is 14.6 Å². The average molecular weight is 330 g/mol. The van der Waals surface area contributed by atoms with Gasteiger partial charge in [0.2, 0.25) is 0 Å². The Kier molecular flexibility index (Phi) is 5.07. The van der Waals surface area contributed by atoms with Crippen LogP contribution in [-0.4, -0.2) is 24.9 Å². The zero-order chi connectivity index (χ0) is 13.8. The van der Waals surface area contributed by atoms with Crippen LogP contribution >= 0.6 is 15.9 Å². The van der Waals surface area contributed by atoms with Crippen LogP contribution in [0.1, 0.15) is 37.3 Å². The number of benzene rings is 1. The van der Waals surface area contributed by atoms with Gasteiger partial charge in [-0.25, -0.2) is 0 Å². The fraction of sp³-hybridized carbons (Fsp3) is 0.571. The molecule has 2 rings (SSSR count). The molecule has 0 heterocycles. The van der Waals surface area contributed by atoms with Crippen molar-refractivity contribution in [3.8, 4) is 11.5 Å². The van der Waals surface area contributed by atoms with Gasteiger partial charge >= 0.3 is 0 Å². The molecule has 3 N–H and O–H groups in total. The fourth-order valence-corrected chi connectivity index (χ4v) is 2.90. The third-order valence-corrected chi connectivity index (χ3v) is 4.05. The summed E-state index contributed by atoms with van der Waals surface area (Å²) in [7, 11) is 1.61. The van der Waals surface area contributed by atoms with Gasteiger partial charge in [0.05, 0.1) is 30.3 Å². The van der Waals surface area contributed by atoms with Crippen LogP contribution in [0.3, 0.4) is 0 Å². The molecule has 5 heteroatoms. The van der Waals surface area contributed by atoms with Crippen molar-refractivity contribution in [2.45, 2.75) is 37.8 Å². The Bertz CT molecular complexity index is 433. The van der Waals surface area contributed by atoms with E-state index in [0.717, 1.165) is 28.6 Å². The molecule has 0 amide bonds. The molecule has 0 saturated heterocycles. The summed E-state index contributed by atoms with van der Waals surface area (Å²) in [6, 6.07) is 3.30. The molecule has 0 aromatic heterocycles. The van der Waals surface area contributed by atoms with E-state index in [1.807, 2.05) is 12.1 Å². The van der Waals surface area contributed by atoms with Crippen LogP contribution in [0.15, 0.2) is 16.6 Å². The summed E-state index contributed by atoms with van der Waals surface area (Å²) < 4.78 is 12.2. The lowest BCUT2D eigenvalue weighted by molar-refractivity contribution is 0.199. The van der Waals surface area contributed by atoms with Crippen LogP contribution in [0.2, 0.25) is 0 Å². The van der Waals surface area contributed by atoms with E-state index in [9.17, 15) is 0 Å². The highest BCUT2D eigenvalue weighted by Gasteiger charge is 2.21. The van der Waals surface area contributed by atoms with Crippen molar-refractivity contribution in [3.63, 3.8) is 0 Å². The molecule has 0 radical (unpaired) electrons. The number of halogens is 1. The predicted octanol–water partition coefficient (Wildman–Crippen LogP) is 2.77. The van der Waals surface area contributed by atoms with E-state index in [0.29, 0.717) is 5.75 Å². The first-order chi connectivity index (χ1) is 9.15. The summed E-state index contributed by atoms with van der Waals surface area (Å²) in [4.78, 5) is 0. The maximum absolute atomic E-state index is 9.13. The molecule has 1 saturated carbocycles. The normalized spacial score (nSPS) is 17.5. The lowest BCUT2D eigenvalue weighted by atomic mass is 10.1. The molecule has 1 fully saturated rings. The summed E-state index contributed by atoms with van der Waals surface area (Å²) >= 11 is 3.50. The number of aliphatic hydroxyl groups is 1. The predicted molar refractivity (Wildman–Crippen MR) is 77.6 cm³/mol. The Balaban J connectivity index is 2.26. The van der Waals surface area contributed by atoms with Crippen LogP contribution < -0.4 is 15.2 Å². The van der Waals surface area contributed by atoms with Gasteiger partial charge in [0, 0.05) is 0 Å². The number of hydrogen-bond donors (Lipinski definition) is 2. The van der Waals surface area contributed by atoms with E-state index in [2.05, 4.69) is 15.9 Å². The van der Waals surface area contributed by atoms with Crippen molar-refractivity contribution in [2.75, 3.05) is 13.7 Å². The maximum atomic E-state index is 9.13. The monoisotopic (exact) mass is 329 g/mol. The van der Waals surface area contributed by atoms with E-state index >= 15 is 0 Å². The lowest BCUT2D eigenvalue weighted by Gasteiger charge is -2.19. The largest absolute Gasteiger partial charge is 0.493 e. The minimum atomic E-state index is -0.411. The Morgan fingerprint density at radius 1 is 1.42 bits per heavy atom. The molecule has 0 aliphatic heterocycles. The maximum Gasteiger partial charge on any atom is 0.175 e. The zero-order valence-electron chi connectivity index (χ0n) is 11.1. The molecule has 1 unspecified atom stereocenters. The molecule has 106 valence electrons. The van der Waals surface area contributed by atoms with Crippen molar-refractivity contribution >= 4 is 15.9 Å². The van der Waals surface area contributed by atoms with Crippen LogP contribution in [-0.2, 0) is 0 Å². The van der Waals surface area contributed by atoms with Gasteiger partial charge in [-0.1, -0.05) is 0 Å². The van der Waals surface area contributed by atoms with Crippen molar-refractivity contribution in [1.82, 2.24) is 0 Å². The Morgan fingerprint density at radius 3 is 2.68 bits per heavy atom. The van der Waals surface area contributed by atoms with Crippen LogP contribution in [0, 0.1) is 0 Å². The van der Waals surface area contributed by atoms with Gasteiger partial charge in [0.1, 0.15) is 0 Å². The standard InChI is InChI=1S/C14H20BrNO3/c1-18-13-7-9(12(16)8-17)6-11(15)14(13)19-10-4-2-3-5-10/h6-7,10,12,17H,2-5,8,16H2,1H3. The molecule has 1 aromatic carbocycles. The highest BCUT2D eigenvalue weighted by Crippen LogP contribution is 2.40. The minimum absolute atomic E-state index is 0.0988. The Hall–Kier alpha value is -0.780. The number of rotatable bonds is 5. The third-order valence-electron chi connectivity index (χ3n) is 3.46. The second-order valence-corrected chi connectivity index (χ2v) is 5.70. The van der Waals surface area contributed by atoms with E-state index in [4.69, 9.17) is 20.3 Å². The van der Waals surface area contributed by atoms with E-state index in [1.165, 1.54) is 12.8 Å². The van der Waals surface area contributed by atoms with Crippen molar-refractivity contribution in [3.05, 3.63) is 22.2 Å². The van der Waals surface area contributed by atoms with Crippen LogP contribution in [0.25, 0.3) is 0 Å². The smallest absolute Gasteiger partial charge is 0.175 e. The van der Waals surface area contributed by atoms with Crippen LogP contribution in [0.4, 0.5) is 0 Å². The summed E-state index contributed by atoms with van der Waals surface area (Å²) in [5.41, 5.74) is 6.66. The number of aliphatic hydroxyl groups excluding tert-OH is 1. The lowest BCUT2D eigenvalue weighted by Crippen LogP contribution is -2.16. The molecule has 0 spiro atoms. The minimum Gasteiger partial charge on any atom is -0.493 e. The van der Waals surface area contributed by atoms with Gasteiger partial charge in [0.15, 0.2) is 11.5 Å². The molecule has 1 aromatic rings. The Labute approximate surface area is 122 Å². The molecule has 1 atom stereocenters. The van der Waals surface area contributed by atoms with Gasteiger partial charge in [-0.3, -0.25) is 0 Å². The highest BCUT2D eigenvalue weighted by atomic mass is 79.9. The van der Waals surface area contributed by atoms with Gasteiger partial charge in [-0.2, -0.15) is 0 Å². The highest BCUT2D eigenvalue weighted by molar-refractivity contribution is 9.10. The molecule has 1 aliphatic rings. The molecule has 4 nitrogen and oxygen atoms in total. The van der Waals surface area contributed by atoms with Gasteiger partial charge in [0.25, 0.3) is 0 Å². The number of methoxy groups -OCH3 is 1. The first-order valence-electron chi connectivity index (χ1n) is 6.56. The fourth-order valence-electron chi connectivity index (χ4n) is 2.35. The van der Waals surface area contributed by atoms with Gasteiger partial charge in [-0.05, 0) is 59.3 Å². The first-order valence-corrected chi connectivity index (χ1v) is 7.35. The number of ether oxygens (including phenoxy) is 2. The number of hydrogen-bond acceptors (Lipinski definition) is 4. The number of nitrogens with two attached hydrogens (primary N) is 1. The summed E-state index contributed by atoms with van der Waals surface area (Å²) in [6.07, 6.45) is 4.89. The first kappa shape index (κ1) is 14.6. The average Bonchev–Trinajstić information content (AvgIpc) is 2.92. The second kappa shape index (κ2) is 6.59. The molecule has 0 bridgehead atoms. The molecule has 19 heavy (non-hydrogen) atoms. The van der Waals surface area contributed by atoms with Crippen LogP contribution in [0.5, 0.6) is 11.5 Å². The third kappa shape index (κ3) is 3.41. The molecule has 1 aliphatic carbocycles. The SMILES string of the molecule is COc1cc(C(N)CO)cc(Br)c1OC1CCCC1. The van der Waals surface area contributed by atoms with Crippen molar-refractivity contribution in [2.24, 2.45) is 5.73 Å². The Morgan fingerprint density at radius 2 is 2.11 bits per heavy atom. The molecular formula is C14H20BrNO3. The zero-order valence-corrected chi connectivity index (χ0v) is 12.6. The van der Waals surface area contributed by atoms with Gasteiger partial charge in [-0.15, -0.1) is 0 Å². The van der Waals surface area contributed by atoms with Gasteiger partial charge < -0.3 is 20.3 Å². The summed E-state index contributed by atoms with van der Waals surface area (Å²) in [5.74, 6) is 1.38. The van der Waals surface area contributed by atoms with E-state index in [1.54, 1.807) is 7.11 Å². The van der Waals surface area contributed by atoms with E-state index < -0.39 is 6.04 Å². The van der Waals surface area contributed by atoms with Crippen molar-refractivity contribution in [1.29, 1.82) is 0 Å². The summed E-state index contributed by atoms with van der Waals surface area (Å²) in [6.45, 7) is -0.0988. The second-order valence-electron chi connectivity index (χ2n) is 4.85. The van der Waals surface area contributed by atoms with E-state index in [-0.39, 0.29) is 12.7 Å². The molecular weight excluding hydrogens is 310 g/mol. The quantitative estimate of drug-likeness (QED) is 0.871. The summed E-state index contributed by atoms with van der Waals surface area (Å²) in [5, 5.41) is 9.13.